The van der Waals surface area contributed by atoms with Crippen molar-refractivity contribution in [1.82, 2.24) is 9.46 Å². The van der Waals surface area contributed by atoms with E-state index in [1.807, 2.05) is 68.6 Å². The molecule has 0 spiro atoms. The highest BCUT2D eigenvalue weighted by molar-refractivity contribution is 7.98. The van der Waals surface area contributed by atoms with Gasteiger partial charge in [-0.2, -0.15) is 4.31 Å². The zero-order valence-electron chi connectivity index (χ0n) is 20.9. The van der Waals surface area contributed by atoms with Crippen LogP contribution in [0.3, 0.4) is 0 Å². The van der Waals surface area contributed by atoms with Crippen LogP contribution in [-0.4, -0.2) is 43.1 Å². The van der Waals surface area contributed by atoms with Crippen molar-refractivity contribution in [1.29, 1.82) is 0 Å². The second-order valence-corrected chi connectivity index (χ2v) is 11.8. The molecular weight excluding hydrogens is 494 g/mol. The van der Waals surface area contributed by atoms with Crippen molar-refractivity contribution in [2.24, 2.45) is 5.92 Å². The van der Waals surface area contributed by atoms with Gasteiger partial charge in [0.25, 0.3) is 0 Å². The molecule has 1 atom stereocenters. The van der Waals surface area contributed by atoms with E-state index >= 15 is 0 Å². The van der Waals surface area contributed by atoms with Gasteiger partial charge in [-0.25, -0.2) is 8.42 Å². The zero-order chi connectivity index (χ0) is 25.9. The summed E-state index contributed by atoms with van der Waals surface area (Å²) in [6.07, 6.45) is 6.70. The van der Waals surface area contributed by atoms with E-state index in [2.05, 4.69) is 10.5 Å². The van der Waals surface area contributed by atoms with Crippen LogP contribution in [0.5, 0.6) is 0 Å². The van der Waals surface area contributed by atoms with Crippen LogP contribution in [0.25, 0.3) is 12.2 Å². The second-order valence-electron chi connectivity index (χ2n) is 9.08. The lowest BCUT2D eigenvalue weighted by Crippen LogP contribution is -2.43. The number of amides is 1. The lowest BCUT2D eigenvalue weighted by molar-refractivity contribution is -0.120. The molecule has 0 radical (unpaired) electrons. The Morgan fingerprint density at radius 3 is 2.75 bits per heavy atom. The zero-order valence-corrected chi connectivity index (χ0v) is 22.6. The summed E-state index contributed by atoms with van der Waals surface area (Å²) in [6.45, 7) is 6.09. The largest absolute Gasteiger partial charge is 0.355 e. The molecule has 0 unspecified atom stereocenters. The maximum absolute atomic E-state index is 13.7. The number of nitrogens with zero attached hydrogens (tertiary/aromatic N) is 2. The third-order valence-electron chi connectivity index (χ3n) is 6.37. The lowest BCUT2D eigenvalue weighted by Gasteiger charge is -2.31. The van der Waals surface area contributed by atoms with E-state index in [9.17, 15) is 13.2 Å². The van der Waals surface area contributed by atoms with E-state index in [-0.39, 0.29) is 23.1 Å². The van der Waals surface area contributed by atoms with Crippen LogP contribution in [0, 0.1) is 26.7 Å². The van der Waals surface area contributed by atoms with Gasteiger partial charge in [0.05, 0.1) is 5.92 Å². The molecule has 2 aromatic carbocycles. The average molecular weight is 526 g/mol. The second kappa shape index (κ2) is 11.0. The first-order valence-electron chi connectivity index (χ1n) is 11.9. The first-order chi connectivity index (χ1) is 17.2. The van der Waals surface area contributed by atoms with Gasteiger partial charge in [-0.05, 0) is 75.3 Å². The monoisotopic (exact) mass is 525 g/mol. The van der Waals surface area contributed by atoms with Gasteiger partial charge in [-0.3, -0.25) is 4.79 Å². The van der Waals surface area contributed by atoms with Gasteiger partial charge >= 0.3 is 0 Å². The van der Waals surface area contributed by atoms with Crippen LogP contribution in [0.15, 0.2) is 56.8 Å². The molecule has 1 N–H and O–H groups in total. The Bertz CT molecular complexity index is 1400. The summed E-state index contributed by atoms with van der Waals surface area (Å²) in [7, 11) is -3.91. The molecule has 9 heteroatoms. The van der Waals surface area contributed by atoms with E-state index < -0.39 is 15.9 Å². The molecule has 1 aromatic heterocycles. The number of anilines is 1. The van der Waals surface area contributed by atoms with Crippen molar-refractivity contribution < 1.29 is 17.7 Å². The van der Waals surface area contributed by atoms with E-state index in [0.717, 1.165) is 21.6 Å². The quantitative estimate of drug-likeness (QED) is 0.408. The van der Waals surface area contributed by atoms with Crippen LogP contribution in [0.2, 0.25) is 0 Å². The van der Waals surface area contributed by atoms with Crippen molar-refractivity contribution in [2.45, 2.75) is 43.4 Å². The van der Waals surface area contributed by atoms with Crippen molar-refractivity contribution in [2.75, 3.05) is 24.7 Å². The highest BCUT2D eigenvalue weighted by Crippen LogP contribution is 2.30. The smallest absolute Gasteiger partial charge is 0.248 e. The Morgan fingerprint density at radius 2 is 1.97 bits per heavy atom. The fourth-order valence-corrected chi connectivity index (χ4v) is 6.59. The Kier molecular flexibility index (Phi) is 8.02. The fraction of sp³-hybridized carbons (Fsp3) is 0.333. The van der Waals surface area contributed by atoms with Gasteiger partial charge in [0.15, 0.2) is 10.7 Å². The average Bonchev–Trinajstić information content (AvgIpc) is 3.25. The topological polar surface area (TPSA) is 92.5 Å². The fourth-order valence-electron chi connectivity index (χ4n) is 4.35. The molecule has 4 rings (SSSR count). The molecule has 0 saturated carbocycles. The van der Waals surface area contributed by atoms with Crippen LogP contribution in [0.4, 0.5) is 5.69 Å². The number of rotatable bonds is 7. The third-order valence-corrected chi connectivity index (χ3v) is 9.12. The number of benzene rings is 2. The van der Waals surface area contributed by atoms with Gasteiger partial charge in [0.2, 0.25) is 15.9 Å². The van der Waals surface area contributed by atoms with Gasteiger partial charge in [0.1, 0.15) is 5.69 Å². The van der Waals surface area contributed by atoms with Gasteiger partial charge < -0.3 is 9.84 Å². The predicted octanol–water partition coefficient (Wildman–Crippen LogP) is 5.53. The van der Waals surface area contributed by atoms with Gasteiger partial charge in [0, 0.05) is 23.7 Å². The third kappa shape index (κ3) is 5.74. The molecule has 0 aliphatic carbocycles. The standard InChI is InChI=1S/C27H31N3O4S2/c1-18-10-11-19(2)21(15-18)12-13-25-26(20(3)29-34-25)36(32,33)30-14-6-7-22(17-30)27(31)28-23-8-5-9-24(16-23)35-4/h5,8-13,15-16,22H,6-7,14,17H2,1-4H3,(H,28,31)/b13-12+/t22-/m0/s1. The van der Waals surface area contributed by atoms with Crippen LogP contribution in [0.1, 0.15) is 41.0 Å². The summed E-state index contributed by atoms with van der Waals surface area (Å²) in [5.41, 5.74) is 4.18. The minimum atomic E-state index is -3.91. The van der Waals surface area contributed by atoms with E-state index in [4.69, 9.17) is 4.52 Å². The van der Waals surface area contributed by atoms with Crippen molar-refractivity contribution in [3.63, 3.8) is 0 Å². The number of nitrogens with one attached hydrogen (secondary N) is 1. The Morgan fingerprint density at radius 1 is 1.17 bits per heavy atom. The number of piperidine rings is 1. The summed E-state index contributed by atoms with van der Waals surface area (Å²) in [6, 6.07) is 13.7. The lowest BCUT2D eigenvalue weighted by atomic mass is 9.99. The highest BCUT2D eigenvalue weighted by Gasteiger charge is 2.37. The van der Waals surface area contributed by atoms with Crippen LogP contribution < -0.4 is 5.32 Å². The molecule has 1 aliphatic rings. The Labute approximate surface area is 217 Å². The Balaban J connectivity index is 1.54. The van der Waals surface area contributed by atoms with Crippen molar-refractivity contribution in [3.05, 3.63) is 70.6 Å². The molecule has 0 bridgehead atoms. The van der Waals surface area contributed by atoms with Crippen LogP contribution >= 0.6 is 11.8 Å². The highest BCUT2D eigenvalue weighted by atomic mass is 32.2. The molecule has 1 aliphatic heterocycles. The van der Waals surface area contributed by atoms with E-state index in [1.54, 1.807) is 24.8 Å². The van der Waals surface area contributed by atoms with Crippen LogP contribution in [-0.2, 0) is 14.8 Å². The summed E-state index contributed by atoms with van der Waals surface area (Å²) in [4.78, 5) is 14.1. The Hall–Kier alpha value is -2.88. The molecule has 3 aromatic rings. The summed E-state index contributed by atoms with van der Waals surface area (Å²) < 4.78 is 34.2. The number of thioether (sulfide) groups is 1. The molecule has 1 amide bonds. The molecule has 1 saturated heterocycles. The number of carbonyl (C=O) groups excluding carboxylic acids is 1. The summed E-state index contributed by atoms with van der Waals surface area (Å²) >= 11 is 1.60. The molecule has 2 heterocycles. The molecular formula is C27H31N3O4S2. The molecule has 36 heavy (non-hydrogen) atoms. The molecule has 1 fully saturated rings. The SMILES string of the molecule is CSc1cccc(NC(=O)[C@H]2CCCN(S(=O)(=O)c3c(C)noc3/C=C/c3cc(C)ccc3C)C2)c1. The predicted molar refractivity (Wildman–Crippen MR) is 144 cm³/mol. The molecule has 7 nitrogen and oxygen atoms in total. The van der Waals surface area contributed by atoms with Crippen molar-refractivity contribution in [3.8, 4) is 0 Å². The number of hydrogen-bond donors (Lipinski definition) is 1. The molecule has 190 valence electrons. The number of aryl methyl sites for hydroxylation is 3. The number of carbonyl (C=O) groups is 1. The van der Waals surface area contributed by atoms with E-state index in [1.165, 1.54) is 4.31 Å². The summed E-state index contributed by atoms with van der Waals surface area (Å²) in [5, 5.41) is 6.89. The summed E-state index contributed by atoms with van der Waals surface area (Å²) in [5.74, 6) is -0.431. The first kappa shape index (κ1) is 26.2. The maximum atomic E-state index is 13.7. The van der Waals surface area contributed by atoms with Crippen molar-refractivity contribution >= 4 is 45.5 Å². The van der Waals surface area contributed by atoms with Gasteiger partial charge in [-0.15, -0.1) is 11.8 Å². The number of aromatic nitrogens is 1. The maximum Gasteiger partial charge on any atom is 0.248 e. The number of hydrogen-bond acceptors (Lipinski definition) is 6. The number of sulfonamides is 1. The van der Waals surface area contributed by atoms with Gasteiger partial charge in [-0.1, -0.05) is 41.1 Å². The van der Waals surface area contributed by atoms with E-state index in [0.29, 0.717) is 30.8 Å². The first-order valence-corrected chi connectivity index (χ1v) is 14.5. The minimum Gasteiger partial charge on any atom is -0.355 e. The minimum absolute atomic E-state index is 0.0535. The normalized spacial score (nSPS) is 16.9.